The molecule has 0 spiro atoms. The first-order valence-corrected chi connectivity index (χ1v) is 23.4. The van der Waals surface area contributed by atoms with E-state index in [1.54, 1.807) is 0 Å². The fourth-order valence-electron chi connectivity index (χ4n) is 6.90. The Balaban J connectivity index is 1.83. The van der Waals surface area contributed by atoms with Crippen LogP contribution in [0.3, 0.4) is 0 Å². The highest BCUT2D eigenvalue weighted by atomic mass is 16.7. The molecule has 2 heterocycles. The lowest BCUT2D eigenvalue weighted by Crippen LogP contribution is -2.61. The molecule has 0 aliphatic carbocycles. The van der Waals surface area contributed by atoms with Crippen LogP contribution in [-0.4, -0.2) is 142 Å². The summed E-state index contributed by atoms with van der Waals surface area (Å²) in [6, 6.07) is 0. The molecule has 358 valence electrons. The highest BCUT2D eigenvalue weighted by Gasteiger charge is 2.47. The van der Waals surface area contributed by atoms with Gasteiger partial charge in [-0.3, -0.25) is 4.79 Å². The third-order valence-electron chi connectivity index (χ3n) is 10.8. The number of aliphatic hydroxyl groups is 7. The molecule has 0 radical (unpaired) electrons. The molecule has 0 aromatic carbocycles. The molecule has 0 saturated carbocycles. The van der Waals surface area contributed by atoms with Crippen molar-refractivity contribution in [1.29, 1.82) is 0 Å². The van der Waals surface area contributed by atoms with E-state index < -0.39 is 86.7 Å². The third-order valence-corrected chi connectivity index (χ3v) is 10.8. The van der Waals surface area contributed by atoms with Crippen LogP contribution >= 0.6 is 0 Å². The topological polar surface area (TPSA) is 214 Å². The number of carbonyl (C=O) groups is 1. The molecule has 11 unspecified atom stereocenters. The van der Waals surface area contributed by atoms with Gasteiger partial charge >= 0.3 is 5.97 Å². The van der Waals surface area contributed by atoms with Crippen LogP contribution in [0.5, 0.6) is 0 Å². The zero-order valence-electron chi connectivity index (χ0n) is 37.6. The van der Waals surface area contributed by atoms with Crippen molar-refractivity contribution in [3.05, 3.63) is 60.8 Å². The molecule has 0 aromatic heterocycles. The highest BCUT2D eigenvalue weighted by Crippen LogP contribution is 2.26. The van der Waals surface area contributed by atoms with E-state index >= 15 is 0 Å². The van der Waals surface area contributed by atoms with E-state index in [0.717, 1.165) is 83.5 Å². The van der Waals surface area contributed by atoms with E-state index in [1.807, 2.05) is 0 Å². The van der Waals surface area contributed by atoms with Gasteiger partial charge in [-0.2, -0.15) is 0 Å². The fraction of sp³-hybridized carbons (Fsp3) is 0.771. The Kier molecular flexibility index (Phi) is 32.4. The standard InChI is InChI=1S/C48H82O14/c1-3-5-7-9-11-13-15-17-18-20-22-24-26-28-30-32-57-34-37(60-40(50)31-29-27-25-23-21-19-16-14-12-10-8-6-4-2)35-58-47-46(56)44(54)42(52)39(62-47)36-59-48-45(55)43(53)41(51)38(33-49)61-48/h6,8-9,11-12,14-15,17,19,21,37-39,41-49,51-56H,3-5,7,10,13,16,18,20,22-36H2,1-2H3/b8-6-,11-9-,14-12-,17-15-,21-19-. The largest absolute Gasteiger partial charge is 0.457 e. The van der Waals surface area contributed by atoms with Crippen LogP contribution in [0.2, 0.25) is 0 Å². The molecule has 14 nitrogen and oxygen atoms in total. The fourth-order valence-corrected chi connectivity index (χ4v) is 6.90. The smallest absolute Gasteiger partial charge is 0.306 e. The summed E-state index contributed by atoms with van der Waals surface area (Å²) < 4.78 is 34.1. The van der Waals surface area contributed by atoms with Gasteiger partial charge in [0, 0.05) is 13.0 Å². The summed E-state index contributed by atoms with van der Waals surface area (Å²) in [5.41, 5.74) is 0. The van der Waals surface area contributed by atoms with E-state index in [0.29, 0.717) is 13.0 Å². The Morgan fingerprint density at radius 3 is 1.65 bits per heavy atom. The molecule has 0 amide bonds. The molecule has 2 fully saturated rings. The quantitative estimate of drug-likeness (QED) is 0.0228. The number of aliphatic hydroxyl groups excluding tert-OH is 7. The number of allylic oxidation sites excluding steroid dienone is 10. The maximum Gasteiger partial charge on any atom is 0.306 e. The van der Waals surface area contributed by atoms with Crippen molar-refractivity contribution >= 4 is 5.97 Å². The van der Waals surface area contributed by atoms with Gasteiger partial charge in [0.15, 0.2) is 12.6 Å². The van der Waals surface area contributed by atoms with Crippen LogP contribution in [0.1, 0.15) is 136 Å². The average molecular weight is 883 g/mol. The van der Waals surface area contributed by atoms with E-state index in [2.05, 4.69) is 74.6 Å². The van der Waals surface area contributed by atoms with Gasteiger partial charge in [0.05, 0.1) is 26.4 Å². The SMILES string of the molecule is CC/C=C\C/C=C\C/C=C\CCCCCC(=O)OC(COCCCCCCCC/C=C\C/C=C\CCCC)COC1OC(COC2OC(CO)C(O)C(O)C2O)C(O)C(O)C1O. The summed E-state index contributed by atoms with van der Waals surface area (Å²) in [5, 5.41) is 71.9. The van der Waals surface area contributed by atoms with Crippen LogP contribution in [-0.2, 0) is 33.2 Å². The second-order valence-corrected chi connectivity index (χ2v) is 16.2. The monoisotopic (exact) mass is 883 g/mol. The van der Waals surface area contributed by atoms with Gasteiger partial charge in [0.2, 0.25) is 0 Å². The molecule has 0 bridgehead atoms. The maximum absolute atomic E-state index is 12.9. The van der Waals surface area contributed by atoms with Gasteiger partial charge in [-0.25, -0.2) is 0 Å². The Hall–Kier alpha value is -2.31. The van der Waals surface area contributed by atoms with Gasteiger partial charge < -0.3 is 64.2 Å². The minimum Gasteiger partial charge on any atom is -0.457 e. The maximum atomic E-state index is 12.9. The minimum absolute atomic E-state index is 0.0393. The van der Waals surface area contributed by atoms with Gasteiger partial charge in [0.25, 0.3) is 0 Å². The molecule has 2 aliphatic rings. The third kappa shape index (κ3) is 24.1. The first-order chi connectivity index (χ1) is 30.1. The van der Waals surface area contributed by atoms with Gasteiger partial charge in [0.1, 0.15) is 54.9 Å². The van der Waals surface area contributed by atoms with E-state index in [1.165, 1.54) is 25.7 Å². The van der Waals surface area contributed by atoms with E-state index in [-0.39, 0.29) is 19.6 Å². The van der Waals surface area contributed by atoms with Crippen LogP contribution in [0.25, 0.3) is 0 Å². The molecular formula is C48H82O14. The number of hydrogen-bond acceptors (Lipinski definition) is 14. The van der Waals surface area contributed by atoms with Crippen molar-refractivity contribution < 1.29 is 69.0 Å². The summed E-state index contributed by atoms with van der Waals surface area (Å²) in [5.74, 6) is -0.412. The number of hydrogen-bond donors (Lipinski definition) is 7. The van der Waals surface area contributed by atoms with Crippen molar-refractivity contribution in [3.63, 3.8) is 0 Å². The van der Waals surface area contributed by atoms with E-state index in [4.69, 9.17) is 28.4 Å². The molecule has 14 heteroatoms. The van der Waals surface area contributed by atoms with Gasteiger partial charge in [-0.15, -0.1) is 0 Å². The first kappa shape index (κ1) is 55.8. The normalized spacial score (nSPS) is 27.8. The van der Waals surface area contributed by atoms with Crippen molar-refractivity contribution in [1.82, 2.24) is 0 Å². The molecule has 2 rings (SSSR count). The summed E-state index contributed by atoms with van der Waals surface area (Å²) in [6.45, 7) is 3.43. The lowest BCUT2D eigenvalue weighted by molar-refractivity contribution is -0.332. The first-order valence-electron chi connectivity index (χ1n) is 23.4. The van der Waals surface area contributed by atoms with Crippen LogP contribution in [0.15, 0.2) is 60.8 Å². The lowest BCUT2D eigenvalue weighted by atomic mass is 9.98. The predicted octanol–water partition coefficient (Wildman–Crippen LogP) is 5.79. The molecule has 62 heavy (non-hydrogen) atoms. The molecule has 11 atom stereocenters. The average Bonchev–Trinajstić information content (AvgIpc) is 3.27. The number of carbonyl (C=O) groups excluding carboxylic acids is 1. The Bertz CT molecular complexity index is 1250. The molecule has 2 aliphatic heterocycles. The molecule has 7 N–H and O–H groups in total. The van der Waals surface area contributed by atoms with Crippen LogP contribution < -0.4 is 0 Å². The number of unbranched alkanes of at least 4 members (excludes halogenated alkanes) is 11. The summed E-state index contributed by atoms with van der Waals surface area (Å²) in [7, 11) is 0. The van der Waals surface area contributed by atoms with Crippen molar-refractivity contribution in [2.24, 2.45) is 0 Å². The Morgan fingerprint density at radius 1 is 0.548 bits per heavy atom. The summed E-state index contributed by atoms with van der Waals surface area (Å²) in [6.07, 6.45) is 24.3. The number of esters is 1. The van der Waals surface area contributed by atoms with Crippen LogP contribution in [0, 0.1) is 0 Å². The number of ether oxygens (including phenoxy) is 6. The zero-order valence-corrected chi connectivity index (χ0v) is 37.6. The Morgan fingerprint density at radius 2 is 1.05 bits per heavy atom. The Labute approximate surface area is 371 Å². The number of rotatable bonds is 35. The summed E-state index contributed by atoms with van der Waals surface area (Å²) >= 11 is 0. The molecule has 2 saturated heterocycles. The van der Waals surface area contributed by atoms with Crippen molar-refractivity contribution in [3.8, 4) is 0 Å². The van der Waals surface area contributed by atoms with Crippen molar-refractivity contribution in [2.75, 3.05) is 33.0 Å². The lowest BCUT2D eigenvalue weighted by Gasteiger charge is -2.42. The van der Waals surface area contributed by atoms with Gasteiger partial charge in [-0.1, -0.05) is 120 Å². The molecule has 0 aromatic rings. The second-order valence-electron chi connectivity index (χ2n) is 16.2. The zero-order chi connectivity index (χ0) is 45.2. The van der Waals surface area contributed by atoms with Gasteiger partial charge in [-0.05, 0) is 70.6 Å². The predicted molar refractivity (Wildman–Crippen MR) is 238 cm³/mol. The van der Waals surface area contributed by atoms with Crippen molar-refractivity contribution in [2.45, 2.75) is 203 Å². The summed E-state index contributed by atoms with van der Waals surface area (Å²) in [4.78, 5) is 12.9. The second kappa shape index (κ2) is 36.0. The minimum atomic E-state index is -1.72. The van der Waals surface area contributed by atoms with Crippen LogP contribution in [0.4, 0.5) is 0 Å². The van der Waals surface area contributed by atoms with E-state index in [9.17, 15) is 40.5 Å². The molecular weight excluding hydrogens is 801 g/mol. The highest BCUT2D eigenvalue weighted by molar-refractivity contribution is 5.69.